The molecule has 1 aliphatic heterocycles. The van der Waals surface area contributed by atoms with Gasteiger partial charge in [0.25, 0.3) is 0 Å². The van der Waals surface area contributed by atoms with Crippen molar-refractivity contribution in [3.05, 3.63) is 42.1 Å². The summed E-state index contributed by atoms with van der Waals surface area (Å²) < 4.78 is 5.15. The highest BCUT2D eigenvalue weighted by Gasteiger charge is 2.19. The molecule has 22 heavy (non-hydrogen) atoms. The molecular formula is C16H21N5O. The second-order valence-corrected chi connectivity index (χ2v) is 5.50. The standard InChI is InChI=1S/C16H21N5O/c1-22-15-4-2-12(3-5-15)9-18-16-8-14(10-19-20-16)21-7-6-13(17)11-21/h2-5,8,10,13H,6-7,9,11,17H2,1H3,(H,18,20)/t13-/m1/s1. The van der Waals surface area contributed by atoms with E-state index in [2.05, 4.69) is 20.4 Å². The van der Waals surface area contributed by atoms with Crippen LogP contribution in [0.15, 0.2) is 36.5 Å². The van der Waals surface area contributed by atoms with E-state index in [1.165, 1.54) is 0 Å². The van der Waals surface area contributed by atoms with Crippen molar-refractivity contribution in [3.8, 4) is 5.75 Å². The van der Waals surface area contributed by atoms with E-state index >= 15 is 0 Å². The Morgan fingerprint density at radius 3 is 2.86 bits per heavy atom. The van der Waals surface area contributed by atoms with Crippen molar-refractivity contribution < 1.29 is 4.74 Å². The first-order chi connectivity index (χ1) is 10.7. The molecule has 3 N–H and O–H groups in total. The van der Waals surface area contributed by atoms with Crippen molar-refractivity contribution in [1.82, 2.24) is 10.2 Å². The molecule has 116 valence electrons. The van der Waals surface area contributed by atoms with Gasteiger partial charge < -0.3 is 20.7 Å². The molecule has 0 bridgehead atoms. The fourth-order valence-corrected chi connectivity index (χ4v) is 2.57. The van der Waals surface area contributed by atoms with Crippen LogP contribution < -0.4 is 20.7 Å². The summed E-state index contributed by atoms with van der Waals surface area (Å²) in [5.74, 6) is 1.63. The summed E-state index contributed by atoms with van der Waals surface area (Å²) >= 11 is 0. The summed E-state index contributed by atoms with van der Waals surface area (Å²) in [6, 6.07) is 10.2. The lowest BCUT2D eigenvalue weighted by molar-refractivity contribution is 0.414. The number of ether oxygens (including phenoxy) is 1. The zero-order valence-corrected chi connectivity index (χ0v) is 12.7. The predicted octanol–water partition coefficient (Wildman–Crippen LogP) is 1.63. The number of nitrogens with two attached hydrogens (primary N) is 1. The van der Waals surface area contributed by atoms with Gasteiger partial charge in [0.1, 0.15) is 5.75 Å². The molecule has 6 nitrogen and oxygen atoms in total. The lowest BCUT2D eigenvalue weighted by atomic mass is 10.2. The molecule has 6 heteroatoms. The molecule has 0 amide bonds. The van der Waals surface area contributed by atoms with Gasteiger partial charge in [-0.3, -0.25) is 0 Å². The topological polar surface area (TPSA) is 76.3 Å². The van der Waals surface area contributed by atoms with Crippen LogP contribution in [0.2, 0.25) is 0 Å². The smallest absolute Gasteiger partial charge is 0.150 e. The minimum absolute atomic E-state index is 0.254. The van der Waals surface area contributed by atoms with E-state index < -0.39 is 0 Å². The van der Waals surface area contributed by atoms with Crippen LogP contribution in [0.3, 0.4) is 0 Å². The Morgan fingerprint density at radius 1 is 1.36 bits per heavy atom. The second kappa shape index (κ2) is 6.62. The maximum Gasteiger partial charge on any atom is 0.150 e. The molecule has 1 aromatic heterocycles. The van der Waals surface area contributed by atoms with Gasteiger partial charge in [-0.15, -0.1) is 5.10 Å². The first-order valence-corrected chi connectivity index (χ1v) is 7.44. The number of benzene rings is 1. The van der Waals surface area contributed by atoms with Crippen LogP contribution in [0, 0.1) is 0 Å². The fraction of sp³-hybridized carbons (Fsp3) is 0.375. The summed E-state index contributed by atoms with van der Waals surface area (Å²) in [6.07, 6.45) is 2.81. The number of hydrogen-bond donors (Lipinski definition) is 2. The Hall–Kier alpha value is -2.34. The van der Waals surface area contributed by atoms with Gasteiger partial charge in [-0.2, -0.15) is 5.10 Å². The molecule has 1 atom stereocenters. The van der Waals surface area contributed by atoms with Crippen LogP contribution in [0.4, 0.5) is 11.5 Å². The van der Waals surface area contributed by atoms with E-state index in [-0.39, 0.29) is 6.04 Å². The summed E-state index contributed by atoms with van der Waals surface area (Å²) in [5.41, 5.74) is 8.19. The zero-order chi connectivity index (χ0) is 15.4. The fourth-order valence-electron chi connectivity index (χ4n) is 2.57. The minimum Gasteiger partial charge on any atom is -0.497 e. The van der Waals surface area contributed by atoms with Gasteiger partial charge in [-0.1, -0.05) is 12.1 Å². The third-order valence-electron chi connectivity index (χ3n) is 3.86. The first-order valence-electron chi connectivity index (χ1n) is 7.44. The van der Waals surface area contributed by atoms with Crippen LogP contribution in [-0.2, 0) is 6.54 Å². The SMILES string of the molecule is COc1ccc(CNc2cc(N3CC[C@@H](N)C3)cnn2)cc1. The average molecular weight is 299 g/mol. The summed E-state index contributed by atoms with van der Waals surface area (Å²) in [6.45, 7) is 2.55. The van der Waals surface area contributed by atoms with E-state index in [0.29, 0.717) is 6.54 Å². The van der Waals surface area contributed by atoms with Gasteiger partial charge in [-0.05, 0) is 24.1 Å². The molecule has 0 radical (unpaired) electrons. The summed E-state index contributed by atoms with van der Waals surface area (Å²) in [7, 11) is 1.67. The van der Waals surface area contributed by atoms with Crippen molar-refractivity contribution >= 4 is 11.5 Å². The normalized spacial score (nSPS) is 17.5. The molecule has 0 aliphatic carbocycles. The highest BCUT2D eigenvalue weighted by Crippen LogP contribution is 2.21. The number of anilines is 2. The highest BCUT2D eigenvalue weighted by atomic mass is 16.5. The Morgan fingerprint density at radius 2 is 2.18 bits per heavy atom. The molecular weight excluding hydrogens is 278 g/mol. The number of nitrogens with one attached hydrogen (secondary N) is 1. The Bertz CT molecular complexity index is 616. The molecule has 0 unspecified atom stereocenters. The highest BCUT2D eigenvalue weighted by molar-refractivity contribution is 5.53. The lowest BCUT2D eigenvalue weighted by Crippen LogP contribution is -2.26. The van der Waals surface area contributed by atoms with Crippen LogP contribution in [-0.4, -0.2) is 36.4 Å². The maximum atomic E-state index is 5.96. The van der Waals surface area contributed by atoms with E-state index in [1.807, 2.05) is 30.3 Å². The minimum atomic E-state index is 0.254. The van der Waals surface area contributed by atoms with E-state index in [4.69, 9.17) is 10.5 Å². The molecule has 1 aliphatic rings. The van der Waals surface area contributed by atoms with Crippen LogP contribution >= 0.6 is 0 Å². The van der Waals surface area contributed by atoms with Gasteiger partial charge in [0.15, 0.2) is 5.82 Å². The lowest BCUT2D eigenvalue weighted by Gasteiger charge is -2.18. The average Bonchev–Trinajstić information content (AvgIpc) is 3.00. The van der Waals surface area contributed by atoms with Crippen molar-refractivity contribution in [2.45, 2.75) is 19.0 Å². The monoisotopic (exact) mass is 299 g/mol. The Balaban J connectivity index is 1.62. The van der Waals surface area contributed by atoms with Crippen molar-refractivity contribution in [3.63, 3.8) is 0 Å². The molecule has 1 aromatic carbocycles. The molecule has 3 rings (SSSR count). The molecule has 1 fully saturated rings. The number of aromatic nitrogens is 2. The molecule has 0 saturated carbocycles. The predicted molar refractivity (Wildman–Crippen MR) is 87.2 cm³/mol. The number of rotatable bonds is 5. The largest absolute Gasteiger partial charge is 0.497 e. The molecule has 1 saturated heterocycles. The quantitative estimate of drug-likeness (QED) is 0.874. The van der Waals surface area contributed by atoms with Gasteiger partial charge in [0, 0.05) is 31.7 Å². The molecule has 2 heterocycles. The van der Waals surface area contributed by atoms with Gasteiger partial charge in [0.2, 0.25) is 0 Å². The zero-order valence-electron chi connectivity index (χ0n) is 12.7. The van der Waals surface area contributed by atoms with E-state index in [1.54, 1.807) is 13.3 Å². The van der Waals surface area contributed by atoms with E-state index in [0.717, 1.165) is 42.3 Å². The van der Waals surface area contributed by atoms with Crippen LogP contribution in [0.1, 0.15) is 12.0 Å². The van der Waals surface area contributed by atoms with Crippen LogP contribution in [0.25, 0.3) is 0 Å². The third kappa shape index (κ3) is 3.46. The van der Waals surface area contributed by atoms with Gasteiger partial charge in [0.05, 0.1) is 19.0 Å². The molecule has 0 spiro atoms. The Kier molecular flexibility index (Phi) is 4.39. The number of methoxy groups -OCH3 is 1. The number of hydrogen-bond acceptors (Lipinski definition) is 6. The maximum absolute atomic E-state index is 5.96. The third-order valence-corrected chi connectivity index (χ3v) is 3.86. The Labute approximate surface area is 130 Å². The second-order valence-electron chi connectivity index (χ2n) is 5.50. The summed E-state index contributed by atoms with van der Waals surface area (Å²) in [4.78, 5) is 2.25. The van der Waals surface area contributed by atoms with Crippen molar-refractivity contribution in [2.75, 3.05) is 30.4 Å². The van der Waals surface area contributed by atoms with Gasteiger partial charge in [-0.25, -0.2) is 0 Å². The van der Waals surface area contributed by atoms with Crippen molar-refractivity contribution in [2.24, 2.45) is 5.73 Å². The number of nitrogens with zero attached hydrogens (tertiary/aromatic N) is 3. The van der Waals surface area contributed by atoms with E-state index in [9.17, 15) is 0 Å². The van der Waals surface area contributed by atoms with Crippen molar-refractivity contribution in [1.29, 1.82) is 0 Å². The van der Waals surface area contributed by atoms with Crippen LogP contribution in [0.5, 0.6) is 5.75 Å². The summed E-state index contributed by atoms with van der Waals surface area (Å²) in [5, 5.41) is 11.5. The van der Waals surface area contributed by atoms with Gasteiger partial charge >= 0.3 is 0 Å². The first kappa shape index (κ1) is 14.6. The molecule has 2 aromatic rings.